The van der Waals surface area contributed by atoms with E-state index in [-0.39, 0.29) is 5.91 Å². The van der Waals surface area contributed by atoms with Crippen LogP contribution in [0.25, 0.3) is 0 Å². The molecule has 2 rings (SSSR count). The van der Waals surface area contributed by atoms with Crippen molar-refractivity contribution < 1.29 is 4.79 Å². The molecule has 1 amide bonds. The number of nitrogens with two attached hydrogens (primary N) is 1. The predicted octanol–water partition coefficient (Wildman–Crippen LogP) is 2.69. The number of amides is 1. The van der Waals surface area contributed by atoms with E-state index >= 15 is 0 Å². The van der Waals surface area contributed by atoms with E-state index < -0.39 is 0 Å². The molecule has 6 heteroatoms. The molecular weight excluding hydrogens is 356 g/mol. The van der Waals surface area contributed by atoms with Crippen LogP contribution in [0.15, 0.2) is 13.6 Å². The van der Waals surface area contributed by atoms with Crippen molar-refractivity contribution in [3.63, 3.8) is 0 Å². The lowest BCUT2D eigenvalue weighted by Gasteiger charge is -2.15. The highest BCUT2D eigenvalue weighted by atomic mass is 79.9. The molecule has 0 saturated carbocycles. The van der Waals surface area contributed by atoms with Gasteiger partial charge in [-0.2, -0.15) is 0 Å². The van der Waals surface area contributed by atoms with Crippen LogP contribution in [0.3, 0.4) is 0 Å². The van der Waals surface area contributed by atoms with Crippen molar-refractivity contribution >= 4 is 49.1 Å². The molecule has 1 saturated heterocycles. The molecule has 3 nitrogen and oxygen atoms in total. The van der Waals surface area contributed by atoms with Crippen LogP contribution >= 0.6 is 43.2 Å². The quantitative estimate of drug-likeness (QED) is 0.873. The number of nitrogens with zero attached hydrogens (tertiary/aromatic N) is 1. The van der Waals surface area contributed by atoms with Gasteiger partial charge in [-0.25, -0.2) is 0 Å². The minimum Gasteiger partial charge on any atom is -0.338 e. The Kier molecular flexibility index (Phi) is 4.05. The fourth-order valence-electron chi connectivity index (χ4n) is 1.87. The highest BCUT2D eigenvalue weighted by Crippen LogP contribution is 2.33. The van der Waals surface area contributed by atoms with Crippen LogP contribution in [0.5, 0.6) is 0 Å². The normalized spacial score (nSPS) is 20.4. The summed E-state index contributed by atoms with van der Waals surface area (Å²) in [4.78, 5) is 14.1. The van der Waals surface area contributed by atoms with Gasteiger partial charge in [-0.15, -0.1) is 11.3 Å². The number of thiophene rings is 1. The van der Waals surface area contributed by atoms with Gasteiger partial charge in [0.2, 0.25) is 0 Å². The predicted molar refractivity (Wildman–Crippen MR) is 72.8 cm³/mol. The maximum absolute atomic E-state index is 12.2. The number of hydrogen-bond acceptors (Lipinski definition) is 3. The molecule has 1 aromatic heterocycles. The van der Waals surface area contributed by atoms with Gasteiger partial charge in [-0.3, -0.25) is 4.79 Å². The molecule has 16 heavy (non-hydrogen) atoms. The van der Waals surface area contributed by atoms with Gasteiger partial charge >= 0.3 is 0 Å². The van der Waals surface area contributed by atoms with Crippen LogP contribution in [0.2, 0.25) is 0 Å². The van der Waals surface area contributed by atoms with Crippen LogP contribution in [-0.2, 0) is 0 Å². The van der Waals surface area contributed by atoms with Crippen molar-refractivity contribution in [2.24, 2.45) is 11.7 Å². The molecule has 88 valence electrons. The molecule has 0 aromatic carbocycles. The Morgan fingerprint density at radius 2 is 2.38 bits per heavy atom. The van der Waals surface area contributed by atoms with E-state index in [1.165, 1.54) is 11.3 Å². The molecule has 1 atom stereocenters. The Bertz CT molecular complexity index is 408. The molecule has 2 N–H and O–H groups in total. The summed E-state index contributed by atoms with van der Waals surface area (Å²) in [7, 11) is 0. The minimum absolute atomic E-state index is 0.102. The van der Waals surface area contributed by atoms with Gasteiger partial charge < -0.3 is 10.6 Å². The van der Waals surface area contributed by atoms with Crippen LogP contribution in [0.1, 0.15) is 16.8 Å². The summed E-state index contributed by atoms with van der Waals surface area (Å²) >= 11 is 8.32. The second kappa shape index (κ2) is 5.16. The van der Waals surface area contributed by atoms with Crippen LogP contribution in [-0.4, -0.2) is 30.4 Å². The molecule has 2 heterocycles. The van der Waals surface area contributed by atoms with E-state index in [0.717, 1.165) is 32.6 Å². The Hall–Kier alpha value is 0.0900. The zero-order chi connectivity index (χ0) is 11.7. The Morgan fingerprint density at radius 1 is 1.62 bits per heavy atom. The monoisotopic (exact) mass is 366 g/mol. The summed E-state index contributed by atoms with van der Waals surface area (Å²) in [5.41, 5.74) is 6.36. The summed E-state index contributed by atoms with van der Waals surface area (Å²) in [6.45, 7) is 2.27. The third-order valence-corrected chi connectivity index (χ3v) is 5.13. The third-order valence-electron chi connectivity index (χ3n) is 2.79. The molecular formula is C10H12Br2N2OS. The van der Waals surface area contributed by atoms with Crippen LogP contribution in [0, 0.1) is 5.92 Å². The first-order chi connectivity index (χ1) is 7.61. The third kappa shape index (κ3) is 2.50. The maximum atomic E-state index is 12.2. The average molecular weight is 368 g/mol. The van der Waals surface area contributed by atoms with E-state index in [9.17, 15) is 4.79 Å². The van der Waals surface area contributed by atoms with E-state index in [0.29, 0.717) is 12.5 Å². The zero-order valence-electron chi connectivity index (χ0n) is 8.58. The van der Waals surface area contributed by atoms with Gasteiger partial charge in [0.15, 0.2) is 0 Å². The number of likely N-dealkylation sites (tertiary alicyclic amines) is 1. The van der Waals surface area contributed by atoms with Crippen molar-refractivity contribution in [1.29, 1.82) is 0 Å². The van der Waals surface area contributed by atoms with E-state index in [4.69, 9.17) is 5.73 Å². The molecule has 1 aromatic rings. The molecule has 0 radical (unpaired) electrons. The summed E-state index contributed by atoms with van der Waals surface area (Å²) in [5, 5.41) is 0. The molecule has 0 spiro atoms. The maximum Gasteiger partial charge on any atom is 0.255 e. The summed E-state index contributed by atoms with van der Waals surface area (Å²) < 4.78 is 1.86. The highest BCUT2D eigenvalue weighted by molar-refractivity contribution is 9.12. The Labute approximate surface area is 115 Å². The first-order valence-corrected chi connectivity index (χ1v) is 7.46. The van der Waals surface area contributed by atoms with Gasteiger partial charge in [0, 0.05) is 13.1 Å². The molecule has 1 unspecified atom stereocenters. The van der Waals surface area contributed by atoms with Crippen LogP contribution in [0.4, 0.5) is 0 Å². The number of rotatable bonds is 2. The number of hydrogen-bond donors (Lipinski definition) is 1. The largest absolute Gasteiger partial charge is 0.338 e. The highest BCUT2D eigenvalue weighted by Gasteiger charge is 2.27. The van der Waals surface area contributed by atoms with E-state index in [1.807, 2.05) is 11.0 Å². The number of carbonyl (C=O) groups is 1. The lowest BCUT2D eigenvalue weighted by Crippen LogP contribution is -2.29. The van der Waals surface area contributed by atoms with Gasteiger partial charge in [-0.1, -0.05) is 0 Å². The van der Waals surface area contributed by atoms with Crippen molar-refractivity contribution in [1.82, 2.24) is 4.90 Å². The van der Waals surface area contributed by atoms with E-state index in [2.05, 4.69) is 31.9 Å². The lowest BCUT2D eigenvalue weighted by atomic mass is 10.1. The molecule has 0 bridgehead atoms. The molecule has 1 fully saturated rings. The molecule has 0 aliphatic carbocycles. The SMILES string of the molecule is NCC1CCN(C(=O)c2cc(Br)sc2Br)C1. The first-order valence-electron chi connectivity index (χ1n) is 5.06. The summed E-state index contributed by atoms with van der Waals surface area (Å²) in [6, 6.07) is 1.87. The summed E-state index contributed by atoms with van der Waals surface area (Å²) in [5.74, 6) is 0.564. The van der Waals surface area contributed by atoms with Crippen LogP contribution < -0.4 is 5.73 Å². The zero-order valence-corrected chi connectivity index (χ0v) is 12.6. The fraction of sp³-hybridized carbons (Fsp3) is 0.500. The smallest absolute Gasteiger partial charge is 0.255 e. The van der Waals surface area contributed by atoms with Gasteiger partial charge in [-0.05, 0) is 56.8 Å². The van der Waals surface area contributed by atoms with Gasteiger partial charge in [0.1, 0.15) is 0 Å². The second-order valence-corrected chi connectivity index (χ2v) is 7.63. The van der Waals surface area contributed by atoms with Crippen molar-refractivity contribution in [2.75, 3.05) is 19.6 Å². The average Bonchev–Trinajstić information content (AvgIpc) is 2.84. The topological polar surface area (TPSA) is 46.3 Å². The van der Waals surface area contributed by atoms with Crippen molar-refractivity contribution in [3.8, 4) is 0 Å². The van der Waals surface area contributed by atoms with Gasteiger partial charge in [0.25, 0.3) is 5.91 Å². The Balaban J connectivity index is 2.11. The standard InChI is InChI=1S/C10H12Br2N2OS/c11-8-3-7(9(12)16-8)10(15)14-2-1-6(4-13)5-14/h3,6H,1-2,4-5,13H2. The number of carbonyl (C=O) groups excluding carboxylic acids is 1. The number of halogens is 2. The van der Waals surface area contributed by atoms with Crippen molar-refractivity contribution in [2.45, 2.75) is 6.42 Å². The lowest BCUT2D eigenvalue weighted by molar-refractivity contribution is 0.0787. The minimum atomic E-state index is 0.102. The Morgan fingerprint density at radius 3 is 2.88 bits per heavy atom. The summed E-state index contributed by atoms with van der Waals surface area (Å²) in [6.07, 6.45) is 1.02. The molecule has 1 aliphatic rings. The molecule has 1 aliphatic heterocycles. The second-order valence-electron chi connectivity index (χ2n) is 3.88. The fourth-order valence-corrected chi connectivity index (χ4v) is 4.64. The van der Waals surface area contributed by atoms with E-state index in [1.54, 1.807) is 0 Å². The van der Waals surface area contributed by atoms with Gasteiger partial charge in [0.05, 0.1) is 13.1 Å². The van der Waals surface area contributed by atoms with Crippen molar-refractivity contribution in [3.05, 3.63) is 19.2 Å². The first kappa shape index (κ1) is 12.5.